The van der Waals surface area contributed by atoms with Crippen molar-refractivity contribution < 1.29 is 22.8 Å². The molecule has 2 aromatic carbocycles. The maximum absolute atomic E-state index is 13.1. The van der Waals surface area contributed by atoms with E-state index >= 15 is 0 Å². The molecule has 170 valence electrons. The van der Waals surface area contributed by atoms with Crippen LogP contribution in [0, 0.1) is 0 Å². The second kappa shape index (κ2) is 8.86. The number of hydrogen-bond donors (Lipinski definition) is 1. The molecule has 0 unspecified atom stereocenters. The Kier molecular flexibility index (Phi) is 6.31. The SMILES string of the molecule is O=C(Nc1cccc(Cl)c1)N1CCC2(CC1)SCCN2C(=O)c1ccc(C(F)(F)F)cc1. The summed E-state index contributed by atoms with van der Waals surface area (Å²) in [6, 6.07) is 11.0. The van der Waals surface area contributed by atoms with Crippen LogP contribution >= 0.6 is 23.4 Å². The Labute approximate surface area is 192 Å². The zero-order valence-electron chi connectivity index (χ0n) is 17.0. The van der Waals surface area contributed by atoms with E-state index in [2.05, 4.69) is 5.32 Å². The molecule has 5 nitrogen and oxygen atoms in total. The number of alkyl halides is 3. The lowest BCUT2D eigenvalue weighted by Gasteiger charge is -2.44. The molecule has 0 aromatic heterocycles. The second-order valence-corrected chi connectivity index (χ2v) is 9.65. The molecule has 2 aromatic rings. The van der Waals surface area contributed by atoms with Crippen molar-refractivity contribution in [2.45, 2.75) is 23.9 Å². The quantitative estimate of drug-likeness (QED) is 0.607. The van der Waals surface area contributed by atoms with Crippen LogP contribution in [0.4, 0.5) is 23.7 Å². The molecule has 2 heterocycles. The summed E-state index contributed by atoms with van der Waals surface area (Å²) < 4.78 is 38.5. The molecule has 0 saturated carbocycles. The summed E-state index contributed by atoms with van der Waals surface area (Å²) >= 11 is 7.64. The van der Waals surface area contributed by atoms with Gasteiger partial charge in [-0.05, 0) is 55.3 Å². The summed E-state index contributed by atoms with van der Waals surface area (Å²) in [6.07, 6.45) is -3.26. The molecular formula is C22H21ClF3N3O2S. The average molecular weight is 484 g/mol. The number of benzene rings is 2. The maximum atomic E-state index is 13.1. The topological polar surface area (TPSA) is 52.7 Å². The first-order valence-corrected chi connectivity index (χ1v) is 11.5. The molecule has 0 bridgehead atoms. The standard InChI is InChI=1S/C22H21ClF3N3O2S/c23-17-2-1-3-18(14-17)27-20(31)28-10-8-21(9-11-28)29(12-13-32-21)19(30)15-4-6-16(7-5-15)22(24,25)26/h1-7,14H,8-13H2,(H,27,31). The van der Waals surface area contributed by atoms with E-state index in [1.165, 1.54) is 12.1 Å². The van der Waals surface area contributed by atoms with Crippen LogP contribution in [0.2, 0.25) is 5.02 Å². The van der Waals surface area contributed by atoms with Crippen LogP contribution in [0.5, 0.6) is 0 Å². The van der Waals surface area contributed by atoms with Crippen LogP contribution < -0.4 is 5.32 Å². The normalized spacial score (nSPS) is 18.1. The van der Waals surface area contributed by atoms with Gasteiger partial charge in [-0.2, -0.15) is 13.2 Å². The number of rotatable bonds is 2. The first-order chi connectivity index (χ1) is 15.2. The first kappa shape index (κ1) is 22.8. The van der Waals surface area contributed by atoms with Gasteiger partial charge >= 0.3 is 12.2 Å². The molecular weight excluding hydrogens is 463 g/mol. The van der Waals surface area contributed by atoms with Crippen LogP contribution in [0.3, 0.4) is 0 Å². The lowest BCUT2D eigenvalue weighted by atomic mass is 10.0. The van der Waals surface area contributed by atoms with Gasteiger partial charge < -0.3 is 15.1 Å². The van der Waals surface area contributed by atoms with Crippen LogP contribution in [0.25, 0.3) is 0 Å². The van der Waals surface area contributed by atoms with Gasteiger partial charge in [0, 0.05) is 41.7 Å². The number of piperidine rings is 1. The number of anilines is 1. The number of halogens is 4. The number of nitrogens with one attached hydrogen (secondary N) is 1. The van der Waals surface area contributed by atoms with Gasteiger partial charge in [0.2, 0.25) is 0 Å². The monoisotopic (exact) mass is 483 g/mol. The number of likely N-dealkylation sites (tertiary alicyclic amines) is 1. The Balaban J connectivity index is 1.41. The van der Waals surface area contributed by atoms with E-state index < -0.39 is 16.6 Å². The number of urea groups is 1. The summed E-state index contributed by atoms with van der Waals surface area (Å²) in [7, 11) is 0. The molecule has 2 saturated heterocycles. The molecule has 1 spiro atoms. The van der Waals surface area contributed by atoms with E-state index in [9.17, 15) is 22.8 Å². The predicted octanol–water partition coefficient (Wildman–Crippen LogP) is 5.57. The highest BCUT2D eigenvalue weighted by Gasteiger charge is 2.47. The first-order valence-electron chi connectivity index (χ1n) is 10.1. The maximum Gasteiger partial charge on any atom is 0.416 e. The van der Waals surface area contributed by atoms with Crippen molar-refractivity contribution in [3.8, 4) is 0 Å². The summed E-state index contributed by atoms with van der Waals surface area (Å²) in [5.41, 5.74) is 0.0664. The minimum atomic E-state index is -4.44. The third-order valence-electron chi connectivity index (χ3n) is 5.79. The van der Waals surface area contributed by atoms with Crippen molar-refractivity contribution in [3.05, 3.63) is 64.7 Å². The van der Waals surface area contributed by atoms with Crippen molar-refractivity contribution in [2.24, 2.45) is 0 Å². The van der Waals surface area contributed by atoms with Gasteiger partial charge in [0.1, 0.15) is 0 Å². The van der Waals surface area contributed by atoms with Crippen LogP contribution in [-0.4, -0.2) is 52.0 Å². The summed E-state index contributed by atoms with van der Waals surface area (Å²) in [4.78, 5) is 28.7. The minimum Gasteiger partial charge on any atom is -0.324 e. The largest absolute Gasteiger partial charge is 0.416 e. The van der Waals surface area contributed by atoms with E-state index in [-0.39, 0.29) is 17.5 Å². The van der Waals surface area contributed by atoms with Crippen molar-refractivity contribution >= 4 is 41.0 Å². The molecule has 0 atom stereocenters. The smallest absolute Gasteiger partial charge is 0.324 e. The van der Waals surface area contributed by atoms with Crippen LogP contribution in [0.15, 0.2) is 48.5 Å². The zero-order chi connectivity index (χ0) is 22.9. The number of thioether (sulfide) groups is 1. The molecule has 0 aliphatic carbocycles. The van der Waals surface area contributed by atoms with Gasteiger partial charge in [0.25, 0.3) is 5.91 Å². The predicted molar refractivity (Wildman–Crippen MR) is 119 cm³/mol. The third-order valence-corrected chi connectivity index (χ3v) is 7.58. The molecule has 0 radical (unpaired) electrons. The fraction of sp³-hybridized carbons (Fsp3) is 0.364. The molecule has 1 N–H and O–H groups in total. The van der Waals surface area contributed by atoms with E-state index in [0.29, 0.717) is 43.2 Å². The molecule has 2 fully saturated rings. The van der Waals surface area contributed by atoms with E-state index in [1.807, 2.05) is 0 Å². The van der Waals surface area contributed by atoms with E-state index in [0.717, 1.165) is 17.9 Å². The number of nitrogens with zero attached hydrogens (tertiary/aromatic N) is 2. The van der Waals surface area contributed by atoms with E-state index in [1.54, 1.807) is 45.8 Å². The van der Waals surface area contributed by atoms with Gasteiger partial charge in [-0.25, -0.2) is 4.79 Å². The lowest BCUT2D eigenvalue weighted by molar-refractivity contribution is -0.137. The zero-order valence-corrected chi connectivity index (χ0v) is 18.6. The number of carbonyl (C=O) groups excluding carboxylic acids is 2. The minimum absolute atomic E-state index is 0.231. The van der Waals surface area contributed by atoms with Crippen molar-refractivity contribution in [1.29, 1.82) is 0 Å². The van der Waals surface area contributed by atoms with Crippen molar-refractivity contribution in [2.75, 3.05) is 30.7 Å². The average Bonchev–Trinajstić information content (AvgIpc) is 3.16. The Morgan fingerprint density at radius 2 is 1.72 bits per heavy atom. The van der Waals surface area contributed by atoms with Gasteiger partial charge in [0.15, 0.2) is 0 Å². The molecule has 3 amide bonds. The number of hydrogen-bond acceptors (Lipinski definition) is 3. The molecule has 32 heavy (non-hydrogen) atoms. The Morgan fingerprint density at radius 1 is 1.03 bits per heavy atom. The highest BCUT2D eigenvalue weighted by molar-refractivity contribution is 8.00. The van der Waals surface area contributed by atoms with Gasteiger partial charge in [-0.15, -0.1) is 11.8 Å². The van der Waals surface area contributed by atoms with Crippen LogP contribution in [0.1, 0.15) is 28.8 Å². The van der Waals surface area contributed by atoms with Gasteiger partial charge in [0.05, 0.1) is 10.4 Å². The Bertz CT molecular complexity index is 1010. The molecule has 2 aliphatic heterocycles. The summed E-state index contributed by atoms with van der Waals surface area (Å²) in [6.45, 7) is 1.46. The number of amides is 3. The Morgan fingerprint density at radius 3 is 2.34 bits per heavy atom. The molecule has 10 heteroatoms. The van der Waals surface area contributed by atoms with E-state index in [4.69, 9.17) is 11.6 Å². The highest BCUT2D eigenvalue weighted by Crippen LogP contribution is 2.44. The van der Waals surface area contributed by atoms with Crippen molar-refractivity contribution in [3.63, 3.8) is 0 Å². The second-order valence-electron chi connectivity index (χ2n) is 7.75. The third kappa shape index (κ3) is 4.68. The highest BCUT2D eigenvalue weighted by atomic mass is 35.5. The van der Waals surface area contributed by atoms with Gasteiger partial charge in [-0.3, -0.25) is 4.79 Å². The fourth-order valence-electron chi connectivity index (χ4n) is 4.10. The fourth-order valence-corrected chi connectivity index (χ4v) is 5.74. The lowest BCUT2D eigenvalue weighted by Crippen LogP contribution is -2.54. The molecule has 2 aliphatic rings. The Hall–Kier alpha value is -2.39. The van der Waals surface area contributed by atoms with Gasteiger partial charge in [-0.1, -0.05) is 17.7 Å². The number of carbonyl (C=O) groups is 2. The molecule has 4 rings (SSSR count). The summed E-state index contributed by atoms with van der Waals surface area (Å²) in [5, 5.41) is 3.36. The summed E-state index contributed by atoms with van der Waals surface area (Å²) in [5.74, 6) is 0.474. The van der Waals surface area contributed by atoms with Crippen LogP contribution in [-0.2, 0) is 6.18 Å². The van der Waals surface area contributed by atoms with Crippen molar-refractivity contribution in [1.82, 2.24) is 9.80 Å².